The summed E-state index contributed by atoms with van der Waals surface area (Å²) in [6.45, 7) is 0. The lowest BCUT2D eigenvalue weighted by molar-refractivity contribution is -0.380. The highest BCUT2D eigenvalue weighted by atomic mass is 19.4. The molecule has 0 aromatic heterocycles. The molecule has 174 valence electrons. The molecule has 0 heterocycles. The van der Waals surface area contributed by atoms with Gasteiger partial charge in [-0.1, -0.05) is 0 Å². The molecule has 1 rings (SSSR count). The van der Waals surface area contributed by atoms with E-state index in [1.807, 2.05) is 0 Å². The molecule has 2 nitrogen and oxygen atoms in total. The standard InChI is InChI=1S/C12H2F16O2/c13-3-1(7(29,9(17,18)19)10(20,21)22)4(14)6(16)2(5(3)15)8(30,11(23,24)25)12(26,27)28/h29-30H. The molecule has 18 heteroatoms. The van der Waals surface area contributed by atoms with E-state index in [2.05, 4.69) is 0 Å². The lowest BCUT2D eigenvalue weighted by atomic mass is 9.85. The Morgan fingerprint density at radius 3 is 0.600 bits per heavy atom. The first kappa shape index (κ1) is 26.1. The summed E-state index contributed by atoms with van der Waals surface area (Å²) in [6, 6.07) is 0. The molecular formula is C12H2F16O2. The minimum atomic E-state index is -7.24. The topological polar surface area (TPSA) is 40.5 Å². The Hall–Kier alpha value is -1.98. The van der Waals surface area contributed by atoms with Crippen molar-refractivity contribution in [2.75, 3.05) is 0 Å². The van der Waals surface area contributed by atoms with Gasteiger partial charge in [-0.15, -0.1) is 0 Å². The number of benzene rings is 1. The van der Waals surface area contributed by atoms with E-state index in [4.69, 9.17) is 10.2 Å². The van der Waals surface area contributed by atoms with Crippen LogP contribution in [0.4, 0.5) is 70.2 Å². The summed E-state index contributed by atoms with van der Waals surface area (Å²) in [4.78, 5) is 0. The maximum Gasteiger partial charge on any atom is 0.430 e. The molecule has 0 unspecified atom stereocenters. The van der Waals surface area contributed by atoms with Crippen LogP contribution in [0.15, 0.2) is 0 Å². The molecule has 0 bridgehead atoms. The van der Waals surface area contributed by atoms with Crippen molar-refractivity contribution in [2.45, 2.75) is 35.9 Å². The van der Waals surface area contributed by atoms with Crippen LogP contribution in [0, 0.1) is 23.3 Å². The van der Waals surface area contributed by atoms with Gasteiger partial charge in [0.2, 0.25) is 0 Å². The lowest BCUT2D eigenvalue weighted by Crippen LogP contribution is -2.57. The number of halogens is 16. The van der Waals surface area contributed by atoms with Gasteiger partial charge in [0.15, 0.2) is 23.3 Å². The molecule has 1 aromatic rings. The van der Waals surface area contributed by atoms with Crippen molar-refractivity contribution in [1.29, 1.82) is 0 Å². The van der Waals surface area contributed by atoms with Gasteiger partial charge in [-0.05, 0) is 0 Å². The molecule has 0 aliphatic rings. The van der Waals surface area contributed by atoms with Crippen molar-refractivity contribution in [2.24, 2.45) is 0 Å². The second-order valence-corrected chi connectivity index (χ2v) is 5.42. The normalized spacial score (nSPS) is 15.0. The first-order valence-corrected chi connectivity index (χ1v) is 6.47. The van der Waals surface area contributed by atoms with Gasteiger partial charge in [0.1, 0.15) is 0 Å². The van der Waals surface area contributed by atoms with E-state index in [9.17, 15) is 70.2 Å². The van der Waals surface area contributed by atoms with Crippen molar-refractivity contribution in [3.8, 4) is 0 Å². The van der Waals surface area contributed by atoms with Gasteiger partial charge in [-0.3, -0.25) is 0 Å². The van der Waals surface area contributed by atoms with Crippen LogP contribution in [-0.4, -0.2) is 34.9 Å². The molecule has 30 heavy (non-hydrogen) atoms. The van der Waals surface area contributed by atoms with Gasteiger partial charge < -0.3 is 10.2 Å². The average molecular weight is 482 g/mol. The molecule has 1 aromatic carbocycles. The van der Waals surface area contributed by atoms with Gasteiger partial charge in [0, 0.05) is 0 Å². The number of aliphatic hydroxyl groups is 2. The van der Waals surface area contributed by atoms with E-state index in [1.54, 1.807) is 0 Å². The summed E-state index contributed by atoms with van der Waals surface area (Å²) in [5.41, 5.74) is -21.7. The Balaban J connectivity index is 4.28. The van der Waals surface area contributed by atoms with Crippen LogP contribution in [-0.2, 0) is 11.2 Å². The fourth-order valence-electron chi connectivity index (χ4n) is 2.16. The Labute approximate surface area is 152 Å². The minimum absolute atomic E-state index is 4.05. The van der Waals surface area contributed by atoms with Crippen molar-refractivity contribution in [1.82, 2.24) is 0 Å². The second kappa shape index (κ2) is 6.76. The zero-order valence-corrected chi connectivity index (χ0v) is 12.9. The molecule has 0 saturated heterocycles. The van der Waals surface area contributed by atoms with Crippen LogP contribution >= 0.6 is 0 Å². The van der Waals surface area contributed by atoms with E-state index < -0.39 is 70.3 Å². The highest BCUT2D eigenvalue weighted by Crippen LogP contribution is 2.55. The predicted octanol–water partition coefficient (Wildman–Crippen LogP) is 4.87. The zero-order chi connectivity index (χ0) is 24.5. The summed E-state index contributed by atoms with van der Waals surface area (Å²) in [5.74, 6) is -16.5. The van der Waals surface area contributed by atoms with Crippen LogP contribution in [0.5, 0.6) is 0 Å². The number of hydrogen-bond acceptors (Lipinski definition) is 2. The smallest absolute Gasteiger partial charge is 0.369 e. The van der Waals surface area contributed by atoms with Crippen molar-refractivity contribution in [3.63, 3.8) is 0 Å². The first-order valence-electron chi connectivity index (χ1n) is 6.47. The van der Waals surface area contributed by atoms with Crippen molar-refractivity contribution in [3.05, 3.63) is 34.4 Å². The van der Waals surface area contributed by atoms with Gasteiger partial charge in [0.25, 0.3) is 11.2 Å². The number of hydrogen-bond donors (Lipinski definition) is 2. The highest BCUT2D eigenvalue weighted by Gasteiger charge is 2.76. The molecule has 0 amide bonds. The summed E-state index contributed by atoms with van der Waals surface area (Å²) in [6.07, 6.45) is -29.0. The van der Waals surface area contributed by atoms with Crippen LogP contribution in [0.25, 0.3) is 0 Å². The Morgan fingerprint density at radius 1 is 0.367 bits per heavy atom. The predicted molar refractivity (Wildman–Crippen MR) is 58.3 cm³/mol. The highest BCUT2D eigenvalue weighted by molar-refractivity contribution is 5.40. The molecular weight excluding hydrogens is 480 g/mol. The summed E-state index contributed by atoms with van der Waals surface area (Å²) in [7, 11) is 0. The number of alkyl halides is 12. The maximum atomic E-state index is 13.8. The van der Waals surface area contributed by atoms with Crippen molar-refractivity contribution >= 4 is 0 Å². The summed E-state index contributed by atoms with van der Waals surface area (Å²) < 4.78 is 207. The fraction of sp³-hybridized carbons (Fsp3) is 0.500. The van der Waals surface area contributed by atoms with E-state index in [-0.39, 0.29) is 0 Å². The molecule has 0 spiro atoms. The van der Waals surface area contributed by atoms with Gasteiger partial charge >= 0.3 is 24.7 Å². The summed E-state index contributed by atoms with van der Waals surface area (Å²) in [5, 5.41) is 17.6. The monoisotopic (exact) mass is 482 g/mol. The molecule has 0 fully saturated rings. The molecule has 0 saturated carbocycles. The second-order valence-electron chi connectivity index (χ2n) is 5.42. The molecule has 0 aliphatic carbocycles. The molecule has 2 N–H and O–H groups in total. The minimum Gasteiger partial charge on any atom is -0.369 e. The maximum absolute atomic E-state index is 13.8. The van der Waals surface area contributed by atoms with Crippen LogP contribution < -0.4 is 0 Å². The Morgan fingerprint density at radius 2 is 0.500 bits per heavy atom. The van der Waals surface area contributed by atoms with E-state index in [0.29, 0.717) is 0 Å². The lowest BCUT2D eigenvalue weighted by Gasteiger charge is -2.36. The fourth-order valence-corrected chi connectivity index (χ4v) is 2.16. The molecule has 0 atom stereocenters. The Kier molecular flexibility index (Phi) is 5.87. The average Bonchev–Trinajstić information content (AvgIpc) is 2.48. The van der Waals surface area contributed by atoms with Crippen molar-refractivity contribution < 1.29 is 80.5 Å². The zero-order valence-electron chi connectivity index (χ0n) is 12.9. The van der Waals surface area contributed by atoms with Crippen LogP contribution in [0.3, 0.4) is 0 Å². The molecule has 0 radical (unpaired) electrons. The quantitative estimate of drug-likeness (QED) is 0.467. The van der Waals surface area contributed by atoms with Gasteiger partial charge in [-0.2, -0.15) is 52.7 Å². The SMILES string of the molecule is OC(c1c(F)c(F)c(C(O)(C(F)(F)F)C(F)(F)F)c(F)c1F)(C(F)(F)F)C(F)(F)F. The van der Waals surface area contributed by atoms with E-state index in [1.165, 1.54) is 0 Å². The third kappa shape index (κ3) is 3.32. The molecule has 0 aliphatic heterocycles. The van der Waals surface area contributed by atoms with Crippen LogP contribution in [0.2, 0.25) is 0 Å². The van der Waals surface area contributed by atoms with Crippen LogP contribution in [0.1, 0.15) is 11.1 Å². The summed E-state index contributed by atoms with van der Waals surface area (Å²) >= 11 is 0. The van der Waals surface area contributed by atoms with E-state index in [0.717, 1.165) is 0 Å². The third-order valence-electron chi connectivity index (χ3n) is 3.63. The van der Waals surface area contributed by atoms with Gasteiger partial charge in [-0.25, -0.2) is 17.6 Å². The largest absolute Gasteiger partial charge is 0.430 e. The Bertz CT molecular complexity index is 701. The van der Waals surface area contributed by atoms with E-state index >= 15 is 0 Å². The first-order chi connectivity index (χ1) is 12.9. The third-order valence-corrected chi connectivity index (χ3v) is 3.63. The number of rotatable bonds is 2. The van der Waals surface area contributed by atoms with Gasteiger partial charge in [0.05, 0.1) is 11.1 Å².